The van der Waals surface area contributed by atoms with Gasteiger partial charge in [-0.2, -0.15) is 0 Å². The van der Waals surface area contributed by atoms with Gasteiger partial charge in [0.2, 0.25) is 0 Å². The zero-order valence-corrected chi connectivity index (χ0v) is 19.7. The number of hydrogen-bond donors (Lipinski definition) is 2. The molecule has 1 heterocycles. The molecule has 2 amide bonds. The molecular formula is C28H31N3O3. The van der Waals surface area contributed by atoms with E-state index in [0.29, 0.717) is 17.0 Å². The summed E-state index contributed by atoms with van der Waals surface area (Å²) in [6, 6.07) is 23.2. The van der Waals surface area contributed by atoms with Crippen LogP contribution >= 0.6 is 0 Å². The van der Waals surface area contributed by atoms with E-state index in [1.807, 2.05) is 44.2 Å². The lowest BCUT2D eigenvalue weighted by molar-refractivity contribution is -0.118. The monoisotopic (exact) mass is 457 g/mol. The van der Waals surface area contributed by atoms with Crippen molar-refractivity contribution >= 4 is 23.2 Å². The minimum Gasteiger partial charge on any atom is -0.484 e. The Hall–Kier alpha value is -3.80. The minimum atomic E-state index is -0.281. The maximum atomic E-state index is 13.2. The van der Waals surface area contributed by atoms with Gasteiger partial charge in [0.25, 0.3) is 11.8 Å². The Balaban J connectivity index is 1.53. The highest BCUT2D eigenvalue weighted by Gasteiger charge is 2.22. The minimum absolute atomic E-state index is 0.0555. The van der Waals surface area contributed by atoms with Gasteiger partial charge in [-0.25, -0.2) is 0 Å². The number of rotatable bonds is 8. The van der Waals surface area contributed by atoms with Crippen LogP contribution in [-0.2, 0) is 17.8 Å². The molecule has 0 spiro atoms. The Morgan fingerprint density at radius 3 is 2.50 bits per heavy atom. The quantitative estimate of drug-likeness (QED) is 0.510. The van der Waals surface area contributed by atoms with E-state index in [2.05, 4.69) is 39.8 Å². The maximum absolute atomic E-state index is 13.2. The van der Waals surface area contributed by atoms with Crippen molar-refractivity contribution in [3.8, 4) is 5.75 Å². The second kappa shape index (κ2) is 10.9. The summed E-state index contributed by atoms with van der Waals surface area (Å²) in [5.74, 6) is 0.212. The van der Waals surface area contributed by atoms with Crippen molar-refractivity contribution in [1.82, 2.24) is 5.32 Å². The third-order valence-corrected chi connectivity index (χ3v) is 6.10. The summed E-state index contributed by atoms with van der Waals surface area (Å²) >= 11 is 0. The Bertz CT molecular complexity index is 1150. The zero-order valence-electron chi connectivity index (χ0n) is 19.7. The zero-order chi connectivity index (χ0) is 23.9. The maximum Gasteiger partial charge on any atom is 0.262 e. The van der Waals surface area contributed by atoms with Crippen LogP contribution in [0.1, 0.15) is 41.8 Å². The van der Waals surface area contributed by atoms with Crippen molar-refractivity contribution in [3.63, 3.8) is 0 Å². The molecule has 6 heteroatoms. The number of benzene rings is 3. The van der Waals surface area contributed by atoms with E-state index in [0.717, 1.165) is 31.6 Å². The first-order valence-corrected chi connectivity index (χ1v) is 11.8. The lowest BCUT2D eigenvalue weighted by atomic mass is 9.98. The number of nitrogens with one attached hydrogen (secondary N) is 2. The second-order valence-electron chi connectivity index (χ2n) is 8.60. The normalized spacial score (nSPS) is 13.5. The molecule has 2 N–H and O–H groups in total. The predicted octanol–water partition coefficient (Wildman–Crippen LogP) is 4.80. The molecule has 0 saturated carbocycles. The van der Waals surface area contributed by atoms with Gasteiger partial charge in [0.15, 0.2) is 6.61 Å². The summed E-state index contributed by atoms with van der Waals surface area (Å²) in [5.41, 5.74) is 4.62. The molecule has 1 aliphatic heterocycles. The molecule has 0 saturated heterocycles. The molecule has 3 aromatic rings. The molecule has 0 bridgehead atoms. The highest BCUT2D eigenvalue weighted by Crippen LogP contribution is 2.29. The Kier molecular flexibility index (Phi) is 7.48. The summed E-state index contributed by atoms with van der Waals surface area (Å²) < 4.78 is 5.54. The molecular weight excluding hydrogens is 426 g/mol. The number of anilines is 2. The molecule has 6 nitrogen and oxygen atoms in total. The van der Waals surface area contributed by atoms with Crippen LogP contribution in [0.3, 0.4) is 0 Å². The highest BCUT2D eigenvalue weighted by atomic mass is 16.5. The van der Waals surface area contributed by atoms with Crippen LogP contribution in [0.2, 0.25) is 0 Å². The summed E-state index contributed by atoms with van der Waals surface area (Å²) in [4.78, 5) is 27.9. The van der Waals surface area contributed by atoms with Crippen molar-refractivity contribution in [2.75, 3.05) is 23.4 Å². The van der Waals surface area contributed by atoms with Crippen LogP contribution in [0.4, 0.5) is 11.4 Å². The number of carbonyl (C=O) groups excluding carboxylic acids is 2. The fourth-order valence-electron chi connectivity index (χ4n) is 4.04. The number of ether oxygens (including phenoxy) is 1. The molecule has 0 aromatic heterocycles. The van der Waals surface area contributed by atoms with E-state index < -0.39 is 0 Å². The Morgan fingerprint density at radius 2 is 1.74 bits per heavy atom. The lowest BCUT2D eigenvalue weighted by Gasteiger charge is -2.32. The molecule has 4 rings (SSSR count). The first kappa shape index (κ1) is 23.4. The van der Waals surface area contributed by atoms with Crippen molar-refractivity contribution < 1.29 is 14.3 Å². The molecule has 0 radical (unpaired) electrons. The summed E-state index contributed by atoms with van der Waals surface area (Å²) in [6.45, 7) is 5.49. The highest BCUT2D eigenvalue weighted by molar-refractivity contribution is 6.02. The lowest BCUT2D eigenvalue weighted by Crippen LogP contribution is -2.36. The molecule has 1 atom stereocenters. The van der Waals surface area contributed by atoms with Crippen LogP contribution in [-0.4, -0.2) is 31.0 Å². The second-order valence-corrected chi connectivity index (χ2v) is 8.60. The van der Waals surface area contributed by atoms with Crippen LogP contribution < -0.4 is 20.3 Å². The van der Waals surface area contributed by atoms with Gasteiger partial charge in [0.1, 0.15) is 5.75 Å². The van der Waals surface area contributed by atoms with E-state index in [1.165, 1.54) is 11.1 Å². The van der Waals surface area contributed by atoms with Crippen LogP contribution in [0.15, 0.2) is 72.8 Å². The molecule has 1 unspecified atom stereocenters. The van der Waals surface area contributed by atoms with Gasteiger partial charge in [0, 0.05) is 30.5 Å². The molecule has 3 aromatic carbocycles. The third kappa shape index (κ3) is 5.76. The van der Waals surface area contributed by atoms with Gasteiger partial charge < -0.3 is 20.3 Å². The molecule has 1 aliphatic rings. The fraction of sp³-hybridized carbons (Fsp3) is 0.286. The van der Waals surface area contributed by atoms with Gasteiger partial charge in [-0.05, 0) is 61.2 Å². The van der Waals surface area contributed by atoms with Crippen LogP contribution in [0.25, 0.3) is 0 Å². The number of amides is 2. The molecule has 176 valence electrons. The average Bonchev–Trinajstić information content (AvgIpc) is 2.87. The molecule has 0 fully saturated rings. The molecule has 0 aliphatic carbocycles. The van der Waals surface area contributed by atoms with Crippen molar-refractivity contribution in [3.05, 3.63) is 89.5 Å². The van der Waals surface area contributed by atoms with E-state index in [-0.39, 0.29) is 24.5 Å². The SMILES string of the molecule is CCC(C)NC(=O)c1cc(NC(=O)COc2ccccc2)ccc1N1CCc2ccccc2C1. The van der Waals surface area contributed by atoms with Crippen LogP contribution in [0.5, 0.6) is 5.75 Å². The van der Waals surface area contributed by atoms with Crippen molar-refractivity contribution in [1.29, 1.82) is 0 Å². The first-order valence-electron chi connectivity index (χ1n) is 11.8. The summed E-state index contributed by atoms with van der Waals surface area (Å²) in [6.07, 6.45) is 1.77. The van der Waals surface area contributed by atoms with Gasteiger partial charge in [-0.3, -0.25) is 9.59 Å². The third-order valence-electron chi connectivity index (χ3n) is 6.10. The fourth-order valence-corrected chi connectivity index (χ4v) is 4.04. The van der Waals surface area contributed by atoms with Crippen LogP contribution in [0, 0.1) is 0 Å². The van der Waals surface area contributed by atoms with E-state index >= 15 is 0 Å². The van der Waals surface area contributed by atoms with Gasteiger partial charge in [0.05, 0.1) is 5.56 Å². The average molecular weight is 458 g/mol. The van der Waals surface area contributed by atoms with Gasteiger partial charge in [-0.15, -0.1) is 0 Å². The smallest absolute Gasteiger partial charge is 0.262 e. The van der Waals surface area contributed by atoms with Crippen molar-refractivity contribution in [2.45, 2.75) is 39.3 Å². The van der Waals surface area contributed by atoms with Gasteiger partial charge >= 0.3 is 0 Å². The number of carbonyl (C=O) groups is 2. The summed E-state index contributed by atoms with van der Waals surface area (Å²) in [5, 5.41) is 5.93. The Labute approximate surface area is 200 Å². The van der Waals surface area contributed by atoms with E-state index in [1.54, 1.807) is 18.2 Å². The largest absolute Gasteiger partial charge is 0.484 e. The molecule has 34 heavy (non-hydrogen) atoms. The number of nitrogens with zero attached hydrogens (tertiary/aromatic N) is 1. The van der Waals surface area contributed by atoms with E-state index in [4.69, 9.17) is 4.74 Å². The summed E-state index contributed by atoms with van der Waals surface area (Å²) in [7, 11) is 0. The first-order chi connectivity index (χ1) is 16.5. The topological polar surface area (TPSA) is 70.7 Å². The number of hydrogen-bond acceptors (Lipinski definition) is 4. The Morgan fingerprint density at radius 1 is 1.00 bits per heavy atom. The number of fused-ring (bicyclic) bond motifs is 1. The standard InChI is InChI=1S/C28H31N3O3/c1-3-20(2)29-28(33)25-17-23(30-27(32)19-34-24-11-5-4-6-12-24)13-14-26(25)31-16-15-21-9-7-8-10-22(21)18-31/h4-14,17,20H,3,15-16,18-19H2,1-2H3,(H,29,33)(H,30,32). The van der Waals surface area contributed by atoms with E-state index in [9.17, 15) is 9.59 Å². The van der Waals surface area contributed by atoms with Crippen molar-refractivity contribution in [2.24, 2.45) is 0 Å². The number of para-hydroxylation sites is 1. The van der Waals surface area contributed by atoms with Gasteiger partial charge in [-0.1, -0.05) is 49.4 Å². The predicted molar refractivity (Wildman–Crippen MR) is 135 cm³/mol.